The maximum atomic E-state index is 6.71. The molecular weight excluding hydrogens is 784 g/mol. The fraction of sp³-hybridized carbons (Fsp3) is 0.163. The SMILES string of the molecule is Cc1cccc(C)c1-c1cc(Oc2[c-]c3c(cc2)c2ccccc2n3-c2cc(C(C)(C)C)ccn2)[c-]c(-n2[cH+]n(C)c3ccccc32)c1.[Pt]. The molecule has 0 aliphatic carbocycles. The number of para-hydroxylation sites is 3. The number of hydrogen-bond acceptors (Lipinski definition) is 2. The van der Waals surface area contributed by atoms with Crippen molar-refractivity contribution >= 4 is 32.8 Å². The van der Waals surface area contributed by atoms with E-state index >= 15 is 0 Å². The van der Waals surface area contributed by atoms with Crippen molar-refractivity contribution in [2.45, 2.75) is 40.0 Å². The van der Waals surface area contributed by atoms with E-state index in [0.717, 1.165) is 49.9 Å². The standard InChI is InChI=1S/C43H37N4O.Pt/c1-28-12-11-13-29(2)42(28)30-22-32(46-27-45(6)38-16-9-10-17-39(38)46)25-34(23-30)48-33-18-19-36-35-14-7-8-15-37(35)47(40(36)26-33)41-24-31(20-21-44-41)43(3,4)5;/h7-24,27H,1-6H3;/q-1;. The van der Waals surface area contributed by atoms with E-state index in [1.54, 1.807) is 0 Å². The van der Waals surface area contributed by atoms with E-state index in [4.69, 9.17) is 9.72 Å². The molecule has 0 saturated heterocycles. The van der Waals surface area contributed by atoms with Crippen LogP contribution < -0.4 is 4.74 Å². The van der Waals surface area contributed by atoms with Gasteiger partial charge in [0.15, 0.2) is 17.4 Å². The number of ether oxygens (including phenoxy) is 1. The number of aromatic nitrogens is 4. The van der Waals surface area contributed by atoms with Crippen molar-refractivity contribution in [3.05, 3.63) is 144 Å². The molecule has 8 aromatic rings. The largest absolute Gasteiger partial charge is 0.508 e. The fourth-order valence-electron chi connectivity index (χ4n) is 6.88. The van der Waals surface area contributed by atoms with Gasteiger partial charge in [-0.1, -0.05) is 74.8 Å². The number of benzene rings is 5. The summed E-state index contributed by atoms with van der Waals surface area (Å²) in [6.07, 6.45) is 4.00. The van der Waals surface area contributed by atoms with E-state index in [-0.39, 0.29) is 26.5 Å². The number of aryl methyl sites for hydroxylation is 3. The van der Waals surface area contributed by atoms with Crippen LogP contribution in [0.1, 0.15) is 37.5 Å². The van der Waals surface area contributed by atoms with Crippen molar-refractivity contribution in [2.24, 2.45) is 7.05 Å². The Morgan fingerprint density at radius 1 is 0.714 bits per heavy atom. The zero-order chi connectivity index (χ0) is 33.2. The van der Waals surface area contributed by atoms with Crippen LogP contribution in [0.15, 0.2) is 116 Å². The Labute approximate surface area is 301 Å². The first-order valence-electron chi connectivity index (χ1n) is 16.4. The zero-order valence-corrected chi connectivity index (χ0v) is 30.8. The van der Waals surface area contributed by atoms with Gasteiger partial charge in [-0.2, -0.15) is 6.07 Å². The topological polar surface area (TPSA) is 36.9 Å². The third-order valence-corrected chi connectivity index (χ3v) is 9.29. The van der Waals surface area contributed by atoms with Crippen LogP contribution in [0.3, 0.4) is 0 Å². The van der Waals surface area contributed by atoms with Crippen molar-refractivity contribution in [1.82, 2.24) is 18.7 Å². The molecule has 0 spiro atoms. The summed E-state index contributed by atoms with van der Waals surface area (Å²) in [4.78, 5) is 4.83. The van der Waals surface area contributed by atoms with Gasteiger partial charge in [0.1, 0.15) is 5.82 Å². The second kappa shape index (κ2) is 12.5. The van der Waals surface area contributed by atoms with Crippen molar-refractivity contribution in [3.63, 3.8) is 0 Å². The van der Waals surface area contributed by atoms with Gasteiger partial charge in [-0.15, -0.1) is 29.1 Å². The molecule has 8 rings (SSSR count). The molecule has 0 aliphatic rings. The molecule has 6 heteroatoms. The molecule has 5 nitrogen and oxygen atoms in total. The Bertz CT molecular complexity index is 2500. The minimum Gasteiger partial charge on any atom is -0.508 e. The van der Waals surface area contributed by atoms with Crippen LogP contribution in [0.2, 0.25) is 0 Å². The first kappa shape index (κ1) is 32.6. The Balaban J connectivity index is 0.00000378. The summed E-state index contributed by atoms with van der Waals surface area (Å²) in [5.41, 5.74) is 11.1. The Morgan fingerprint density at radius 3 is 2.18 bits per heavy atom. The summed E-state index contributed by atoms with van der Waals surface area (Å²) in [6.45, 7) is 11.0. The summed E-state index contributed by atoms with van der Waals surface area (Å²) in [5.74, 6) is 2.10. The molecule has 3 heterocycles. The third kappa shape index (κ3) is 5.76. The van der Waals surface area contributed by atoms with Crippen LogP contribution in [0.25, 0.3) is 55.5 Å². The number of rotatable bonds is 5. The minimum atomic E-state index is -0.00938. The van der Waals surface area contributed by atoms with E-state index in [2.05, 4.69) is 171 Å². The van der Waals surface area contributed by atoms with Gasteiger partial charge in [-0.25, -0.2) is 14.1 Å². The van der Waals surface area contributed by atoms with Gasteiger partial charge < -0.3 is 9.30 Å². The van der Waals surface area contributed by atoms with Gasteiger partial charge in [-0.05, 0) is 77.2 Å². The van der Waals surface area contributed by atoms with Crippen LogP contribution in [0, 0.1) is 26.0 Å². The summed E-state index contributed by atoms with van der Waals surface area (Å²) in [7, 11) is 2.07. The summed E-state index contributed by atoms with van der Waals surface area (Å²) < 4.78 is 13.2. The van der Waals surface area contributed by atoms with Crippen LogP contribution in [0.5, 0.6) is 11.5 Å². The molecule has 0 bridgehead atoms. The van der Waals surface area contributed by atoms with E-state index in [9.17, 15) is 0 Å². The second-order valence-electron chi connectivity index (χ2n) is 13.7. The average molecular weight is 821 g/mol. The van der Waals surface area contributed by atoms with Crippen LogP contribution in [-0.2, 0) is 33.5 Å². The molecule has 0 aliphatic heterocycles. The molecule has 0 unspecified atom stereocenters. The van der Waals surface area contributed by atoms with Crippen LogP contribution in [0.4, 0.5) is 0 Å². The number of hydrogen-bond donors (Lipinski definition) is 0. The first-order chi connectivity index (χ1) is 23.2. The predicted molar refractivity (Wildman–Crippen MR) is 197 cm³/mol. The first-order valence-corrected chi connectivity index (χ1v) is 16.4. The van der Waals surface area contributed by atoms with Gasteiger partial charge in [0.2, 0.25) is 0 Å². The van der Waals surface area contributed by atoms with Crippen LogP contribution in [-0.4, -0.2) is 18.7 Å². The van der Waals surface area contributed by atoms with Gasteiger partial charge >= 0.3 is 0 Å². The molecule has 0 N–H and O–H groups in total. The molecule has 3 aromatic heterocycles. The van der Waals surface area contributed by atoms with Crippen molar-refractivity contribution in [3.8, 4) is 34.1 Å². The average Bonchev–Trinajstić information content (AvgIpc) is 3.59. The molecule has 49 heavy (non-hydrogen) atoms. The third-order valence-electron chi connectivity index (χ3n) is 9.29. The zero-order valence-electron chi connectivity index (χ0n) is 28.5. The smallest absolute Gasteiger partial charge is 0.188 e. The quantitative estimate of drug-likeness (QED) is 0.162. The maximum absolute atomic E-state index is 6.71. The van der Waals surface area contributed by atoms with Gasteiger partial charge in [-0.3, -0.25) is 0 Å². The Morgan fingerprint density at radius 2 is 1.43 bits per heavy atom. The number of imidazole rings is 1. The molecule has 0 amide bonds. The Hall–Kier alpha value is -4.99. The van der Waals surface area contributed by atoms with E-state index in [1.807, 2.05) is 12.3 Å². The maximum Gasteiger partial charge on any atom is 0.188 e. The van der Waals surface area contributed by atoms with E-state index < -0.39 is 0 Å². The molecule has 0 atom stereocenters. The number of nitrogens with zero attached hydrogens (tertiary/aromatic N) is 4. The summed E-state index contributed by atoms with van der Waals surface area (Å²) in [5, 5.41) is 2.25. The minimum absolute atomic E-state index is 0. The van der Waals surface area contributed by atoms with Crippen LogP contribution >= 0.6 is 0 Å². The molecule has 246 valence electrons. The van der Waals surface area contributed by atoms with Gasteiger partial charge in [0.25, 0.3) is 0 Å². The van der Waals surface area contributed by atoms with E-state index in [0.29, 0.717) is 11.5 Å². The molecule has 0 saturated carbocycles. The predicted octanol–water partition coefficient (Wildman–Crippen LogP) is 10.7. The van der Waals surface area contributed by atoms with Gasteiger partial charge in [0, 0.05) is 69.1 Å². The molecule has 0 fully saturated rings. The van der Waals surface area contributed by atoms with Crippen molar-refractivity contribution in [1.29, 1.82) is 0 Å². The molecule has 0 radical (unpaired) electrons. The number of pyridine rings is 1. The second-order valence-corrected chi connectivity index (χ2v) is 13.7. The molecule has 5 aromatic carbocycles. The van der Waals surface area contributed by atoms with E-state index in [1.165, 1.54) is 22.3 Å². The normalized spacial score (nSPS) is 11.7. The molecular formula is C43H37N4OPt-. The van der Waals surface area contributed by atoms with Crippen molar-refractivity contribution in [2.75, 3.05) is 0 Å². The summed E-state index contributed by atoms with van der Waals surface area (Å²) >= 11 is 0. The Kier molecular flexibility index (Phi) is 8.29. The van der Waals surface area contributed by atoms with Gasteiger partial charge in [0.05, 0.1) is 0 Å². The number of fused-ring (bicyclic) bond motifs is 4. The van der Waals surface area contributed by atoms with Crippen molar-refractivity contribution < 1.29 is 25.8 Å². The fourth-order valence-corrected chi connectivity index (χ4v) is 6.88. The monoisotopic (exact) mass is 820 g/mol. The summed E-state index contributed by atoms with van der Waals surface area (Å²) in [6, 6.07) is 43.2.